The smallest absolute Gasteiger partial charge is 0.323 e. The van der Waals surface area contributed by atoms with E-state index in [9.17, 15) is 9.59 Å². The van der Waals surface area contributed by atoms with E-state index in [-0.39, 0.29) is 12.2 Å². The van der Waals surface area contributed by atoms with Gasteiger partial charge in [0.2, 0.25) is 0 Å². The van der Waals surface area contributed by atoms with Crippen molar-refractivity contribution in [2.24, 2.45) is 5.73 Å². The van der Waals surface area contributed by atoms with Gasteiger partial charge in [-0.05, 0) is 12.1 Å². The molecule has 0 atom stereocenters. The summed E-state index contributed by atoms with van der Waals surface area (Å²) < 4.78 is 0. The van der Waals surface area contributed by atoms with Crippen LogP contribution in [0.2, 0.25) is 0 Å². The molecule has 7 heteroatoms. The molecule has 0 aliphatic rings. The molecule has 1 aromatic carbocycles. The lowest BCUT2D eigenvalue weighted by Gasteiger charge is -2.19. The molecule has 0 aliphatic carbocycles. The predicted molar refractivity (Wildman–Crippen MR) is 75.8 cm³/mol. The number of hydrogen-bond acceptors (Lipinski definition) is 5. The number of anilines is 1. The Balaban J connectivity index is 2.31. The molecule has 2 aromatic rings. The van der Waals surface area contributed by atoms with Crippen molar-refractivity contribution in [3.63, 3.8) is 0 Å². The fraction of sp³-hybridized carbons (Fsp3) is 0.154. The first-order chi connectivity index (χ1) is 9.61. The van der Waals surface area contributed by atoms with Gasteiger partial charge in [-0.1, -0.05) is 18.2 Å². The molecule has 20 heavy (non-hydrogen) atoms. The molecule has 3 N–H and O–H groups in total. The van der Waals surface area contributed by atoms with Crippen LogP contribution in [-0.2, 0) is 11.3 Å². The number of nitrogens with two attached hydrogens (primary N) is 1. The van der Waals surface area contributed by atoms with E-state index in [4.69, 9.17) is 10.8 Å². The van der Waals surface area contributed by atoms with Crippen molar-refractivity contribution in [1.29, 1.82) is 0 Å². The highest BCUT2D eigenvalue weighted by atomic mass is 32.1. The van der Waals surface area contributed by atoms with Gasteiger partial charge < -0.3 is 10.8 Å². The number of carbonyl (C=O) groups is 2. The summed E-state index contributed by atoms with van der Waals surface area (Å²) in [5.74, 6) is -1.54. The number of amides is 1. The summed E-state index contributed by atoms with van der Waals surface area (Å²) in [7, 11) is 0. The van der Waals surface area contributed by atoms with Crippen molar-refractivity contribution in [1.82, 2.24) is 4.98 Å². The Morgan fingerprint density at radius 3 is 2.55 bits per heavy atom. The number of hydrogen-bond donors (Lipinski definition) is 2. The molecule has 0 bridgehead atoms. The third-order valence-electron chi connectivity index (χ3n) is 2.55. The summed E-state index contributed by atoms with van der Waals surface area (Å²) >= 11 is 1.28. The Hall–Kier alpha value is -2.25. The van der Waals surface area contributed by atoms with Crippen molar-refractivity contribution in [2.45, 2.75) is 6.54 Å². The first-order valence-corrected chi connectivity index (χ1v) is 6.73. The molecular weight excluding hydrogens is 278 g/mol. The number of carbonyl (C=O) groups excluding carboxylic acids is 1. The van der Waals surface area contributed by atoms with E-state index in [0.29, 0.717) is 10.7 Å². The van der Waals surface area contributed by atoms with Crippen molar-refractivity contribution in [2.75, 3.05) is 11.4 Å². The maximum absolute atomic E-state index is 12.4. The first kappa shape index (κ1) is 14.2. The minimum atomic E-state index is -1.09. The monoisotopic (exact) mass is 291 g/mol. The predicted octanol–water partition coefficient (Wildman–Crippen LogP) is 1.33. The summed E-state index contributed by atoms with van der Waals surface area (Å²) in [5.41, 5.74) is 6.18. The third kappa shape index (κ3) is 3.19. The van der Waals surface area contributed by atoms with Crippen molar-refractivity contribution < 1.29 is 14.7 Å². The average Bonchev–Trinajstić information content (AvgIpc) is 2.94. The van der Waals surface area contributed by atoms with Crippen LogP contribution >= 0.6 is 11.3 Å². The number of thiazole rings is 1. The normalized spacial score (nSPS) is 10.2. The molecule has 1 heterocycles. The van der Waals surface area contributed by atoms with Crippen LogP contribution in [0.3, 0.4) is 0 Å². The minimum Gasteiger partial charge on any atom is -0.480 e. The van der Waals surface area contributed by atoms with Gasteiger partial charge in [-0.2, -0.15) is 0 Å². The van der Waals surface area contributed by atoms with Crippen molar-refractivity contribution in [3.05, 3.63) is 46.4 Å². The van der Waals surface area contributed by atoms with Crippen LogP contribution in [0.4, 0.5) is 5.69 Å². The number of para-hydroxylation sites is 1. The van der Waals surface area contributed by atoms with E-state index in [0.717, 1.165) is 0 Å². The number of nitrogens with zero attached hydrogens (tertiary/aromatic N) is 2. The summed E-state index contributed by atoms with van der Waals surface area (Å²) in [6.45, 7) is -0.166. The van der Waals surface area contributed by atoms with Gasteiger partial charge in [0, 0.05) is 17.6 Å². The summed E-state index contributed by atoms with van der Waals surface area (Å²) in [5, 5.41) is 11.2. The molecule has 1 aromatic heterocycles. The first-order valence-electron chi connectivity index (χ1n) is 5.85. The second-order valence-corrected chi connectivity index (χ2v) is 4.89. The Bertz CT molecular complexity index is 612. The molecule has 1 amide bonds. The zero-order valence-electron chi connectivity index (χ0n) is 10.5. The Kier molecular flexibility index (Phi) is 4.44. The highest BCUT2D eigenvalue weighted by Crippen LogP contribution is 2.18. The fourth-order valence-corrected chi connectivity index (χ4v) is 2.31. The summed E-state index contributed by atoms with van der Waals surface area (Å²) in [6.07, 6.45) is 0. The molecule has 0 radical (unpaired) electrons. The third-order valence-corrected chi connectivity index (χ3v) is 3.42. The van der Waals surface area contributed by atoms with Gasteiger partial charge in [-0.25, -0.2) is 4.98 Å². The molecule has 0 aliphatic heterocycles. The Labute approximate surface area is 119 Å². The number of aliphatic carboxylic acids is 1. The van der Waals surface area contributed by atoms with E-state index < -0.39 is 18.4 Å². The molecule has 104 valence electrons. The lowest BCUT2D eigenvalue weighted by atomic mass is 10.2. The van der Waals surface area contributed by atoms with E-state index >= 15 is 0 Å². The number of benzene rings is 1. The van der Waals surface area contributed by atoms with Crippen molar-refractivity contribution >= 4 is 28.9 Å². The van der Waals surface area contributed by atoms with E-state index in [1.54, 1.807) is 35.7 Å². The molecule has 0 unspecified atom stereocenters. The van der Waals surface area contributed by atoms with Crippen LogP contribution in [0.15, 0.2) is 35.7 Å². The molecule has 0 spiro atoms. The SMILES string of the molecule is NCc1nc(C(=O)N(CC(=O)O)c2ccccc2)cs1. The minimum absolute atomic E-state index is 0.209. The van der Waals surface area contributed by atoms with Gasteiger partial charge in [0.25, 0.3) is 5.91 Å². The molecule has 2 rings (SSSR count). The Morgan fingerprint density at radius 1 is 1.30 bits per heavy atom. The highest BCUT2D eigenvalue weighted by Gasteiger charge is 2.22. The van der Waals surface area contributed by atoms with Gasteiger partial charge in [0.05, 0.1) is 0 Å². The fourth-order valence-electron chi connectivity index (χ4n) is 1.66. The van der Waals surface area contributed by atoms with Crippen LogP contribution in [0.5, 0.6) is 0 Å². The van der Waals surface area contributed by atoms with Gasteiger partial charge >= 0.3 is 5.97 Å². The second kappa shape index (κ2) is 6.27. The maximum atomic E-state index is 12.4. The van der Waals surface area contributed by atoms with Crippen LogP contribution in [0.1, 0.15) is 15.5 Å². The topological polar surface area (TPSA) is 96.5 Å². The zero-order valence-corrected chi connectivity index (χ0v) is 11.3. The molecular formula is C13H13N3O3S. The quantitative estimate of drug-likeness (QED) is 0.866. The van der Waals surface area contributed by atoms with E-state index in [1.165, 1.54) is 16.2 Å². The van der Waals surface area contributed by atoms with Gasteiger partial charge in [-0.15, -0.1) is 11.3 Å². The number of carboxylic acids is 1. The number of carboxylic acid groups (broad SMARTS) is 1. The van der Waals surface area contributed by atoms with E-state index in [1.807, 2.05) is 0 Å². The number of aromatic nitrogens is 1. The average molecular weight is 291 g/mol. The second-order valence-electron chi connectivity index (χ2n) is 3.95. The highest BCUT2D eigenvalue weighted by molar-refractivity contribution is 7.09. The van der Waals surface area contributed by atoms with Gasteiger partial charge in [-0.3, -0.25) is 14.5 Å². The lowest BCUT2D eigenvalue weighted by Crippen LogP contribution is -2.35. The lowest BCUT2D eigenvalue weighted by molar-refractivity contribution is -0.135. The molecule has 0 saturated carbocycles. The molecule has 0 fully saturated rings. The molecule has 6 nitrogen and oxygen atoms in total. The zero-order chi connectivity index (χ0) is 14.5. The van der Waals surface area contributed by atoms with Crippen LogP contribution in [0, 0.1) is 0 Å². The van der Waals surface area contributed by atoms with Crippen LogP contribution in [-0.4, -0.2) is 28.5 Å². The van der Waals surface area contributed by atoms with E-state index in [2.05, 4.69) is 4.98 Å². The Morgan fingerprint density at radius 2 is 2.00 bits per heavy atom. The van der Waals surface area contributed by atoms with Gasteiger partial charge in [0.1, 0.15) is 17.2 Å². The standard InChI is InChI=1S/C13H13N3O3S/c14-6-11-15-10(8-20-11)13(19)16(7-12(17)18)9-4-2-1-3-5-9/h1-5,8H,6-7,14H2,(H,17,18). The summed E-state index contributed by atoms with van der Waals surface area (Å²) in [6, 6.07) is 8.63. The maximum Gasteiger partial charge on any atom is 0.323 e. The summed E-state index contributed by atoms with van der Waals surface area (Å²) in [4.78, 5) is 28.6. The van der Waals surface area contributed by atoms with Crippen LogP contribution in [0.25, 0.3) is 0 Å². The number of rotatable bonds is 5. The van der Waals surface area contributed by atoms with Crippen molar-refractivity contribution in [3.8, 4) is 0 Å². The van der Waals surface area contributed by atoms with Gasteiger partial charge in [0.15, 0.2) is 0 Å². The van der Waals surface area contributed by atoms with Crippen LogP contribution < -0.4 is 10.6 Å². The largest absolute Gasteiger partial charge is 0.480 e. The molecule has 0 saturated heterocycles.